The van der Waals surface area contributed by atoms with E-state index >= 15 is 0 Å². The van der Waals surface area contributed by atoms with Crippen LogP contribution in [0.15, 0.2) is 55.0 Å². The van der Waals surface area contributed by atoms with Crippen LogP contribution in [-0.4, -0.2) is 81.8 Å². The van der Waals surface area contributed by atoms with E-state index in [0.29, 0.717) is 5.92 Å². The van der Waals surface area contributed by atoms with Gasteiger partial charge in [0.2, 0.25) is 0 Å². The summed E-state index contributed by atoms with van der Waals surface area (Å²) in [6, 6.07) is 12.3. The quantitative estimate of drug-likeness (QED) is 0.337. The third-order valence-electron chi connectivity index (χ3n) is 8.21. The summed E-state index contributed by atoms with van der Waals surface area (Å²) in [7, 11) is 4.16. The highest BCUT2D eigenvalue weighted by molar-refractivity contribution is 5.98. The highest BCUT2D eigenvalue weighted by atomic mass is 16.5. The number of aromatic nitrogens is 4. The fourth-order valence-electron chi connectivity index (χ4n) is 5.73. The maximum Gasteiger partial charge on any atom is 0.168 e. The number of carbonyl (C=O) groups excluding carboxylic acids is 1. The van der Waals surface area contributed by atoms with Gasteiger partial charge in [0.15, 0.2) is 5.78 Å². The number of rotatable bonds is 7. The van der Waals surface area contributed by atoms with E-state index < -0.39 is 0 Å². The van der Waals surface area contributed by atoms with Gasteiger partial charge in [-0.05, 0) is 68.2 Å². The fraction of sp³-hybridized carbons (Fsp3) is 0.419. The Labute approximate surface area is 229 Å². The number of aryl methyl sites for hydroxylation is 1. The molecule has 3 aromatic heterocycles. The molecule has 1 aromatic carbocycles. The standard InChI is InChI=1S/C31H36N6O2/c1-35-9-6-22(7-10-35)29-17-24(5-8-32-29)31(38)18-27-16-26-15-23(3-4-25(26)19-33-27)28-20-34-36(2)30(28)21-37-11-13-39-14-12-37/h3-5,8,15-17,19-20,22H,6-7,9-14,18,21H2,1-2H3. The lowest BCUT2D eigenvalue weighted by Crippen LogP contribution is -2.36. The molecular formula is C31H36N6O2. The Morgan fingerprint density at radius 2 is 1.77 bits per heavy atom. The SMILES string of the molecule is CN1CCC(c2cc(C(=O)Cc3cc4cc(-c5cnn(C)c5CN5CCOCC5)ccc4cn3)ccn2)CC1. The molecule has 2 aliphatic rings. The molecule has 0 saturated carbocycles. The number of nitrogens with zero attached hydrogens (tertiary/aromatic N) is 6. The largest absolute Gasteiger partial charge is 0.379 e. The van der Waals surface area contributed by atoms with Gasteiger partial charge >= 0.3 is 0 Å². The number of carbonyl (C=O) groups is 1. The van der Waals surface area contributed by atoms with E-state index in [4.69, 9.17) is 4.74 Å². The summed E-state index contributed by atoms with van der Waals surface area (Å²) in [6.07, 6.45) is 8.04. The zero-order valence-electron chi connectivity index (χ0n) is 22.8. The minimum absolute atomic E-state index is 0.0784. The number of hydrogen-bond donors (Lipinski definition) is 0. The highest BCUT2D eigenvalue weighted by Gasteiger charge is 2.21. The predicted molar refractivity (Wildman–Crippen MR) is 152 cm³/mol. The molecule has 2 aliphatic heterocycles. The first-order chi connectivity index (χ1) is 19.0. The summed E-state index contributed by atoms with van der Waals surface area (Å²) in [5, 5.41) is 6.70. The van der Waals surface area contributed by atoms with Crippen LogP contribution in [-0.2, 0) is 24.8 Å². The molecule has 202 valence electrons. The lowest BCUT2D eigenvalue weighted by Gasteiger charge is -2.28. The van der Waals surface area contributed by atoms with E-state index in [1.165, 1.54) is 5.69 Å². The second-order valence-corrected chi connectivity index (χ2v) is 10.9. The Bertz CT molecular complexity index is 1470. The maximum atomic E-state index is 13.3. The Morgan fingerprint density at radius 1 is 0.949 bits per heavy atom. The second kappa shape index (κ2) is 11.3. The van der Waals surface area contributed by atoms with Crippen molar-refractivity contribution in [2.24, 2.45) is 7.05 Å². The van der Waals surface area contributed by atoms with Gasteiger partial charge in [-0.2, -0.15) is 5.10 Å². The van der Waals surface area contributed by atoms with E-state index in [1.807, 2.05) is 42.3 Å². The smallest absolute Gasteiger partial charge is 0.168 e. The summed E-state index contributed by atoms with van der Waals surface area (Å²) in [5.41, 5.74) is 5.99. The minimum Gasteiger partial charge on any atom is -0.379 e. The van der Waals surface area contributed by atoms with Crippen LogP contribution >= 0.6 is 0 Å². The first-order valence-electron chi connectivity index (χ1n) is 13.9. The second-order valence-electron chi connectivity index (χ2n) is 10.9. The Balaban J connectivity index is 1.21. The Hall–Kier alpha value is -3.46. The van der Waals surface area contributed by atoms with Gasteiger partial charge in [-0.3, -0.25) is 24.3 Å². The van der Waals surface area contributed by atoms with Gasteiger partial charge in [-0.15, -0.1) is 0 Å². The molecular weight excluding hydrogens is 488 g/mol. The van der Waals surface area contributed by atoms with E-state index in [-0.39, 0.29) is 12.2 Å². The van der Waals surface area contributed by atoms with E-state index in [1.54, 1.807) is 6.20 Å². The predicted octanol–water partition coefficient (Wildman–Crippen LogP) is 4.10. The molecule has 0 aliphatic carbocycles. The number of fused-ring (bicyclic) bond motifs is 1. The van der Waals surface area contributed by atoms with Gasteiger partial charge in [0.05, 0.1) is 31.5 Å². The molecule has 0 atom stereocenters. The van der Waals surface area contributed by atoms with Crippen molar-refractivity contribution in [3.63, 3.8) is 0 Å². The van der Waals surface area contributed by atoms with E-state index in [9.17, 15) is 4.79 Å². The lowest BCUT2D eigenvalue weighted by atomic mass is 9.92. The average molecular weight is 525 g/mol. The Kier molecular flexibility index (Phi) is 7.50. The molecule has 8 nitrogen and oxygen atoms in total. The van der Waals surface area contributed by atoms with Crippen LogP contribution in [0.5, 0.6) is 0 Å². The first-order valence-corrected chi connectivity index (χ1v) is 13.9. The molecule has 6 rings (SSSR count). The number of hydrogen-bond acceptors (Lipinski definition) is 7. The van der Waals surface area contributed by atoms with E-state index in [2.05, 4.69) is 50.1 Å². The van der Waals surface area contributed by atoms with Crippen LogP contribution in [0.2, 0.25) is 0 Å². The average Bonchev–Trinajstić information content (AvgIpc) is 3.33. The molecule has 8 heteroatoms. The number of likely N-dealkylation sites (tertiary alicyclic amines) is 1. The molecule has 0 unspecified atom stereocenters. The molecule has 2 fully saturated rings. The van der Waals surface area contributed by atoms with Crippen molar-refractivity contribution >= 4 is 16.6 Å². The van der Waals surface area contributed by atoms with Gasteiger partial charge in [-0.1, -0.05) is 12.1 Å². The zero-order chi connectivity index (χ0) is 26.8. The van der Waals surface area contributed by atoms with Crippen LogP contribution in [0.1, 0.15) is 46.2 Å². The molecule has 0 bridgehead atoms. The van der Waals surface area contributed by atoms with Crippen LogP contribution < -0.4 is 0 Å². The van der Waals surface area contributed by atoms with Crippen molar-refractivity contribution in [2.45, 2.75) is 31.7 Å². The van der Waals surface area contributed by atoms with Gasteiger partial charge in [0.1, 0.15) is 0 Å². The fourth-order valence-corrected chi connectivity index (χ4v) is 5.73. The van der Waals surface area contributed by atoms with E-state index in [0.717, 1.165) is 97.6 Å². The van der Waals surface area contributed by atoms with Gasteiger partial charge in [0.25, 0.3) is 0 Å². The van der Waals surface area contributed by atoms with Crippen molar-refractivity contribution < 1.29 is 9.53 Å². The Morgan fingerprint density at radius 3 is 2.59 bits per heavy atom. The highest BCUT2D eigenvalue weighted by Crippen LogP contribution is 2.29. The number of ketones is 1. The third kappa shape index (κ3) is 5.78. The molecule has 0 N–H and O–H groups in total. The number of pyridine rings is 2. The van der Waals surface area contributed by atoms with Crippen molar-refractivity contribution in [2.75, 3.05) is 46.4 Å². The van der Waals surface area contributed by atoms with Crippen LogP contribution in [0, 0.1) is 0 Å². The summed E-state index contributed by atoms with van der Waals surface area (Å²) < 4.78 is 7.49. The van der Waals surface area contributed by atoms with Crippen molar-refractivity contribution in [3.05, 3.63) is 77.6 Å². The number of benzene rings is 1. The summed E-state index contributed by atoms with van der Waals surface area (Å²) >= 11 is 0. The molecule has 5 heterocycles. The van der Waals surface area contributed by atoms with Crippen molar-refractivity contribution in [3.8, 4) is 11.1 Å². The third-order valence-corrected chi connectivity index (χ3v) is 8.21. The van der Waals surface area contributed by atoms with Crippen molar-refractivity contribution in [1.82, 2.24) is 29.5 Å². The summed E-state index contributed by atoms with van der Waals surface area (Å²) in [6.45, 7) is 6.40. The molecule has 0 radical (unpaired) electrons. The first kappa shape index (κ1) is 25.8. The summed E-state index contributed by atoms with van der Waals surface area (Å²) in [4.78, 5) is 27.2. The minimum atomic E-state index is 0.0784. The summed E-state index contributed by atoms with van der Waals surface area (Å²) in [5.74, 6) is 0.501. The van der Waals surface area contributed by atoms with Crippen LogP contribution in [0.4, 0.5) is 0 Å². The molecule has 0 spiro atoms. The number of piperidine rings is 1. The number of ether oxygens (including phenoxy) is 1. The topological polar surface area (TPSA) is 76.4 Å². The molecule has 39 heavy (non-hydrogen) atoms. The van der Waals surface area contributed by atoms with Crippen LogP contribution in [0.25, 0.3) is 21.9 Å². The maximum absolute atomic E-state index is 13.3. The van der Waals surface area contributed by atoms with Crippen molar-refractivity contribution in [1.29, 1.82) is 0 Å². The van der Waals surface area contributed by atoms with Gasteiger partial charge < -0.3 is 9.64 Å². The molecule has 4 aromatic rings. The number of morpholine rings is 1. The molecule has 0 amide bonds. The monoisotopic (exact) mass is 524 g/mol. The normalized spacial score (nSPS) is 17.6. The lowest BCUT2D eigenvalue weighted by molar-refractivity contribution is 0.0332. The number of Topliss-reactive ketones (excluding diaryl/α,β-unsaturated/α-hetero) is 1. The van der Waals surface area contributed by atoms with Gasteiger partial charge in [-0.25, -0.2) is 0 Å². The van der Waals surface area contributed by atoms with Crippen LogP contribution in [0.3, 0.4) is 0 Å². The van der Waals surface area contributed by atoms with Gasteiger partial charge in [0, 0.05) is 72.9 Å². The molecule has 2 saturated heterocycles. The zero-order valence-corrected chi connectivity index (χ0v) is 22.8.